The number of anilines is 2. The minimum absolute atomic E-state index is 0. The summed E-state index contributed by atoms with van der Waals surface area (Å²) >= 11 is 0. The first kappa shape index (κ1) is 19.2. The van der Waals surface area contributed by atoms with E-state index in [4.69, 9.17) is 0 Å². The molecule has 0 spiro atoms. The molecule has 3 N–H and O–H groups in total. The van der Waals surface area contributed by atoms with Gasteiger partial charge in [-0.15, -0.1) is 12.4 Å². The molecule has 7 heteroatoms. The van der Waals surface area contributed by atoms with Crippen molar-refractivity contribution in [2.24, 2.45) is 11.8 Å². The average molecular weight is 387 g/mol. The van der Waals surface area contributed by atoms with E-state index >= 15 is 0 Å². The Morgan fingerprint density at radius 3 is 3.00 bits per heavy atom. The van der Waals surface area contributed by atoms with Gasteiger partial charge in [0.1, 0.15) is 0 Å². The Labute approximate surface area is 164 Å². The fraction of sp³-hybridized carbons (Fsp3) is 0.300. The number of hydrogen-bond donors (Lipinski definition) is 3. The van der Waals surface area contributed by atoms with Crippen LogP contribution in [-0.2, 0) is 11.2 Å². The molecule has 0 radical (unpaired) electrons. The van der Waals surface area contributed by atoms with Crippen molar-refractivity contribution in [1.29, 1.82) is 0 Å². The van der Waals surface area contributed by atoms with Gasteiger partial charge in [0, 0.05) is 11.9 Å². The Bertz CT molecular complexity index is 921. The predicted octanol–water partition coefficient (Wildman–Crippen LogP) is 3.35. The number of nitrogens with one attached hydrogen (secondary N) is 2. The second-order valence-electron chi connectivity index (χ2n) is 6.80. The van der Waals surface area contributed by atoms with Crippen LogP contribution in [0.4, 0.5) is 11.6 Å². The second-order valence-corrected chi connectivity index (χ2v) is 6.80. The second kappa shape index (κ2) is 8.41. The molecule has 1 fully saturated rings. The number of hydrogen-bond acceptors (Lipinski definition) is 4. The summed E-state index contributed by atoms with van der Waals surface area (Å²) in [6, 6.07) is 13.9. The number of rotatable bonds is 6. The summed E-state index contributed by atoms with van der Waals surface area (Å²) in [5.41, 5.74) is 2.95. The van der Waals surface area contributed by atoms with E-state index in [1.807, 2.05) is 59.3 Å². The number of fused-ring (bicyclic) bond motifs is 1. The van der Waals surface area contributed by atoms with Crippen molar-refractivity contribution in [3.05, 3.63) is 60.4 Å². The van der Waals surface area contributed by atoms with E-state index in [2.05, 4.69) is 15.6 Å². The van der Waals surface area contributed by atoms with Crippen LogP contribution in [0.3, 0.4) is 0 Å². The van der Waals surface area contributed by atoms with Gasteiger partial charge in [0.15, 0.2) is 0 Å². The first-order chi connectivity index (χ1) is 12.7. The molecule has 0 unspecified atom stereocenters. The maximum Gasteiger partial charge on any atom is 0.307 e. The van der Waals surface area contributed by atoms with Gasteiger partial charge in [-0.25, -0.2) is 4.98 Å². The van der Waals surface area contributed by atoms with Crippen LogP contribution >= 0.6 is 12.4 Å². The summed E-state index contributed by atoms with van der Waals surface area (Å²) in [6.45, 7) is 1.69. The van der Waals surface area contributed by atoms with Crippen LogP contribution in [0.5, 0.6) is 0 Å². The SMILES string of the molecule is Cl.O=C(O)[C@@H](Cc1cccc(Nc2ncc3ccccn23)c1)[C@H]1CCNC1. The highest BCUT2D eigenvalue weighted by Gasteiger charge is 2.30. The van der Waals surface area contributed by atoms with Gasteiger partial charge in [-0.1, -0.05) is 18.2 Å². The van der Waals surface area contributed by atoms with Crippen LogP contribution in [0.25, 0.3) is 5.52 Å². The lowest BCUT2D eigenvalue weighted by molar-refractivity contribution is -0.143. The lowest BCUT2D eigenvalue weighted by atomic mass is 9.86. The summed E-state index contributed by atoms with van der Waals surface area (Å²) in [5.74, 6) is -0.128. The van der Waals surface area contributed by atoms with Gasteiger partial charge < -0.3 is 15.7 Å². The Kier molecular flexibility index (Phi) is 5.98. The topological polar surface area (TPSA) is 78.7 Å². The fourth-order valence-electron chi connectivity index (χ4n) is 3.67. The van der Waals surface area contributed by atoms with Crippen LogP contribution < -0.4 is 10.6 Å². The maximum absolute atomic E-state index is 11.7. The van der Waals surface area contributed by atoms with E-state index in [-0.39, 0.29) is 24.2 Å². The molecule has 6 nitrogen and oxygen atoms in total. The largest absolute Gasteiger partial charge is 0.481 e. The zero-order valence-electron chi connectivity index (χ0n) is 14.8. The third-order valence-corrected chi connectivity index (χ3v) is 5.06. The van der Waals surface area contributed by atoms with Crippen molar-refractivity contribution >= 4 is 35.5 Å². The predicted molar refractivity (Wildman–Crippen MR) is 108 cm³/mol. The van der Waals surface area contributed by atoms with Gasteiger partial charge in [0.05, 0.1) is 17.6 Å². The molecule has 0 bridgehead atoms. The van der Waals surface area contributed by atoms with Gasteiger partial charge in [-0.2, -0.15) is 0 Å². The molecule has 0 saturated carbocycles. The molecule has 27 heavy (non-hydrogen) atoms. The minimum atomic E-state index is -0.712. The highest BCUT2D eigenvalue weighted by molar-refractivity contribution is 5.85. The van der Waals surface area contributed by atoms with Crippen molar-refractivity contribution in [2.45, 2.75) is 12.8 Å². The zero-order valence-corrected chi connectivity index (χ0v) is 15.7. The molecular weight excluding hydrogens is 364 g/mol. The molecular formula is C20H23ClN4O2. The molecule has 142 valence electrons. The molecule has 1 saturated heterocycles. The first-order valence-corrected chi connectivity index (χ1v) is 8.92. The third-order valence-electron chi connectivity index (χ3n) is 5.06. The smallest absolute Gasteiger partial charge is 0.307 e. The van der Waals surface area contributed by atoms with E-state index in [0.717, 1.165) is 42.2 Å². The van der Waals surface area contributed by atoms with E-state index in [1.165, 1.54) is 0 Å². The number of aliphatic carboxylic acids is 1. The van der Waals surface area contributed by atoms with Crippen molar-refractivity contribution < 1.29 is 9.90 Å². The number of carboxylic acid groups (broad SMARTS) is 1. The summed E-state index contributed by atoms with van der Waals surface area (Å²) in [7, 11) is 0. The monoisotopic (exact) mass is 386 g/mol. The van der Waals surface area contributed by atoms with Gasteiger partial charge in [0.2, 0.25) is 5.95 Å². The van der Waals surface area contributed by atoms with Crippen LogP contribution in [0.2, 0.25) is 0 Å². The molecule has 3 aromatic rings. The van der Waals surface area contributed by atoms with Gasteiger partial charge in [-0.3, -0.25) is 9.20 Å². The van der Waals surface area contributed by atoms with E-state index in [0.29, 0.717) is 6.42 Å². The number of benzene rings is 1. The highest BCUT2D eigenvalue weighted by atomic mass is 35.5. The molecule has 3 heterocycles. The summed E-state index contributed by atoms with van der Waals surface area (Å²) in [6.07, 6.45) is 5.25. The molecule has 4 rings (SSSR count). The molecule has 0 aliphatic carbocycles. The molecule has 1 aliphatic heterocycles. The highest BCUT2D eigenvalue weighted by Crippen LogP contribution is 2.25. The molecule has 0 amide bonds. The standard InChI is InChI=1S/C20H22N4O2.ClH/c25-19(26)18(15-7-8-21-12-15)11-14-4-3-5-16(10-14)23-20-22-13-17-6-1-2-9-24(17)20;/h1-6,9-10,13,15,18,21H,7-8,11-12H2,(H,22,23)(H,25,26);1H/t15-,18-;/m0./s1. The quantitative estimate of drug-likeness (QED) is 0.605. The van der Waals surface area contributed by atoms with Crippen LogP contribution in [0.1, 0.15) is 12.0 Å². The van der Waals surface area contributed by atoms with Gasteiger partial charge in [-0.05, 0) is 61.7 Å². The first-order valence-electron chi connectivity index (χ1n) is 8.92. The number of halogens is 1. The number of imidazole rings is 1. The molecule has 2 atom stereocenters. The molecule has 2 aromatic heterocycles. The van der Waals surface area contributed by atoms with Crippen molar-refractivity contribution in [1.82, 2.24) is 14.7 Å². The van der Waals surface area contributed by atoms with Crippen LogP contribution in [0, 0.1) is 11.8 Å². The number of nitrogens with zero attached hydrogens (tertiary/aromatic N) is 2. The van der Waals surface area contributed by atoms with E-state index < -0.39 is 5.97 Å². The van der Waals surface area contributed by atoms with Gasteiger partial charge >= 0.3 is 5.97 Å². The summed E-state index contributed by atoms with van der Waals surface area (Å²) in [4.78, 5) is 16.1. The third kappa shape index (κ3) is 4.23. The maximum atomic E-state index is 11.7. The Hall–Kier alpha value is -2.57. The number of aromatic nitrogens is 2. The van der Waals surface area contributed by atoms with Crippen molar-refractivity contribution in [3.63, 3.8) is 0 Å². The summed E-state index contributed by atoms with van der Waals surface area (Å²) < 4.78 is 1.98. The van der Waals surface area contributed by atoms with Crippen molar-refractivity contribution in [2.75, 3.05) is 18.4 Å². The lowest BCUT2D eigenvalue weighted by Gasteiger charge is -2.19. The lowest BCUT2D eigenvalue weighted by Crippen LogP contribution is -2.27. The molecule has 1 aromatic carbocycles. The summed E-state index contributed by atoms with van der Waals surface area (Å²) in [5, 5.41) is 16.2. The molecule has 1 aliphatic rings. The van der Waals surface area contributed by atoms with Gasteiger partial charge in [0.25, 0.3) is 0 Å². The van der Waals surface area contributed by atoms with Crippen LogP contribution in [-0.4, -0.2) is 33.6 Å². The average Bonchev–Trinajstić information content (AvgIpc) is 3.30. The number of pyridine rings is 1. The number of carboxylic acids is 1. The Balaban J connectivity index is 0.00000210. The van der Waals surface area contributed by atoms with E-state index in [1.54, 1.807) is 0 Å². The minimum Gasteiger partial charge on any atom is -0.481 e. The fourth-order valence-corrected chi connectivity index (χ4v) is 3.67. The van der Waals surface area contributed by atoms with E-state index in [9.17, 15) is 9.90 Å². The zero-order chi connectivity index (χ0) is 17.9. The Morgan fingerprint density at radius 2 is 2.22 bits per heavy atom. The normalized spacial score (nSPS) is 17.4. The Morgan fingerprint density at radius 1 is 1.33 bits per heavy atom. The number of carbonyl (C=O) groups is 1. The van der Waals surface area contributed by atoms with Crippen LogP contribution in [0.15, 0.2) is 54.9 Å². The van der Waals surface area contributed by atoms with Crippen molar-refractivity contribution in [3.8, 4) is 0 Å².